The van der Waals surface area contributed by atoms with Crippen molar-refractivity contribution in [3.8, 4) is 11.4 Å². The molecule has 0 amide bonds. The zero-order valence-corrected chi connectivity index (χ0v) is 11.2. The third-order valence-corrected chi connectivity index (χ3v) is 4.39. The summed E-state index contributed by atoms with van der Waals surface area (Å²) in [6, 6.07) is 2.68. The van der Waals surface area contributed by atoms with E-state index in [4.69, 9.17) is 4.52 Å². The predicted octanol–water partition coefficient (Wildman–Crippen LogP) is 3.04. The summed E-state index contributed by atoms with van der Waals surface area (Å²) in [4.78, 5) is 4.54. The predicted molar refractivity (Wildman–Crippen MR) is 71.7 cm³/mol. The van der Waals surface area contributed by atoms with Gasteiger partial charge in [-0.1, -0.05) is 5.16 Å². The van der Waals surface area contributed by atoms with Crippen LogP contribution in [-0.2, 0) is 0 Å². The smallest absolute Gasteiger partial charge is 0.230 e. The molecule has 1 aliphatic carbocycles. The summed E-state index contributed by atoms with van der Waals surface area (Å²) in [7, 11) is 2.03. The topological polar surface area (TPSA) is 51.0 Å². The van der Waals surface area contributed by atoms with Gasteiger partial charge in [-0.3, -0.25) is 0 Å². The Kier molecular flexibility index (Phi) is 3.43. The Morgan fingerprint density at radius 2 is 2.17 bits per heavy atom. The van der Waals surface area contributed by atoms with Gasteiger partial charge in [0.25, 0.3) is 0 Å². The number of hydrogen-bond acceptors (Lipinski definition) is 5. The molecule has 0 aromatic carbocycles. The highest BCUT2D eigenvalue weighted by atomic mass is 32.1. The number of thiophene rings is 1. The van der Waals surface area contributed by atoms with Gasteiger partial charge < -0.3 is 9.84 Å². The molecule has 1 aliphatic rings. The highest BCUT2D eigenvalue weighted by molar-refractivity contribution is 7.08. The summed E-state index contributed by atoms with van der Waals surface area (Å²) in [6.07, 6.45) is 4.65. The first-order valence-corrected chi connectivity index (χ1v) is 7.34. The summed E-state index contributed by atoms with van der Waals surface area (Å²) in [6.45, 7) is 0. The van der Waals surface area contributed by atoms with Gasteiger partial charge in [0.15, 0.2) is 0 Å². The van der Waals surface area contributed by atoms with E-state index >= 15 is 0 Å². The maximum absolute atomic E-state index is 5.42. The Morgan fingerprint density at radius 3 is 2.83 bits per heavy atom. The molecule has 1 saturated carbocycles. The molecule has 0 aliphatic heterocycles. The van der Waals surface area contributed by atoms with Crippen LogP contribution in [0.25, 0.3) is 11.4 Å². The minimum absolute atomic E-state index is 0.439. The molecular formula is C13H17N3OS. The number of hydrogen-bond donors (Lipinski definition) is 1. The van der Waals surface area contributed by atoms with Crippen molar-refractivity contribution in [2.24, 2.45) is 0 Å². The number of aromatic nitrogens is 2. The van der Waals surface area contributed by atoms with Crippen molar-refractivity contribution in [1.29, 1.82) is 0 Å². The molecule has 0 unspecified atom stereocenters. The van der Waals surface area contributed by atoms with Gasteiger partial charge in [-0.25, -0.2) is 0 Å². The lowest BCUT2D eigenvalue weighted by atomic mass is 9.86. The van der Waals surface area contributed by atoms with Crippen molar-refractivity contribution in [3.05, 3.63) is 22.7 Å². The van der Waals surface area contributed by atoms with Gasteiger partial charge in [0.1, 0.15) is 0 Å². The Morgan fingerprint density at radius 1 is 1.33 bits per heavy atom. The first kappa shape index (κ1) is 11.9. The summed E-state index contributed by atoms with van der Waals surface area (Å²) < 4.78 is 5.42. The largest absolute Gasteiger partial charge is 0.339 e. The number of nitrogens with zero attached hydrogens (tertiary/aromatic N) is 2. The highest BCUT2D eigenvalue weighted by Crippen LogP contribution is 2.32. The van der Waals surface area contributed by atoms with Crippen molar-refractivity contribution < 1.29 is 4.52 Å². The Labute approximate surface area is 110 Å². The third-order valence-electron chi connectivity index (χ3n) is 3.71. The second-order valence-corrected chi connectivity index (χ2v) is 5.59. The molecule has 0 bridgehead atoms. The summed E-state index contributed by atoms with van der Waals surface area (Å²) >= 11 is 1.65. The van der Waals surface area contributed by atoms with Crippen molar-refractivity contribution in [3.63, 3.8) is 0 Å². The molecule has 18 heavy (non-hydrogen) atoms. The van der Waals surface area contributed by atoms with Crippen LogP contribution < -0.4 is 5.32 Å². The molecule has 1 fully saturated rings. The summed E-state index contributed by atoms with van der Waals surface area (Å²) in [5.74, 6) is 1.97. The Balaban J connectivity index is 1.71. The van der Waals surface area contributed by atoms with Crippen molar-refractivity contribution >= 4 is 11.3 Å². The average Bonchev–Trinajstić information content (AvgIpc) is 3.09. The van der Waals surface area contributed by atoms with Crippen LogP contribution >= 0.6 is 11.3 Å². The molecule has 2 aromatic heterocycles. The van der Waals surface area contributed by atoms with Crippen LogP contribution in [-0.4, -0.2) is 23.2 Å². The standard InChI is InChI=1S/C13H17N3OS/c1-14-11-4-2-9(3-5-11)13-15-12(16-17-13)10-6-7-18-8-10/h6-9,11,14H,2-5H2,1H3. The van der Waals surface area contributed by atoms with Crippen LogP contribution in [0, 0.1) is 0 Å². The van der Waals surface area contributed by atoms with Gasteiger partial charge in [0, 0.05) is 22.9 Å². The second-order valence-electron chi connectivity index (χ2n) is 4.81. The lowest BCUT2D eigenvalue weighted by Gasteiger charge is -2.25. The SMILES string of the molecule is CNC1CCC(c2nc(-c3ccsc3)no2)CC1. The fraction of sp³-hybridized carbons (Fsp3) is 0.538. The van der Waals surface area contributed by atoms with Crippen LogP contribution in [0.5, 0.6) is 0 Å². The number of rotatable bonds is 3. The van der Waals surface area contributed by atoms with Gasteiger partial charge >= 0.3 is 0 Å². The van der Waals surface area contributed by atoms with Gasteiger partial charge in [-0.05, 0) is 44.2 Å². The molecule has 1 N–H and O–H groups in total. The van der Waals surface area contributed by atoms with Crippen LogP contribution in [0.15, 0.2) is 21.3 Å². The van der Waals surface area contributed by atoms with Gasteiger partial charge in [-0.15, -0.1) is 0 Å². The maximum atomic E-state index is 5.42. The van der Waals surface area contributed by atoms with Crippen molar-refractivity contribution in [2.75, 3.05) is 7.05 Å². The first-order chi connectivity index (χ1) is 8.86. The maximum Gasteiger partial charge on any atom is 0.230 e. The molecule has 0 saturated heterocycles. The molecule has 0 radical (unpaired) electrons. The normalized spacial score (nSPS) is 24.3. The van der Waals surface area contributed by atoms with Crippen LogP contribution in [0.3, 0.4) is 0 Å². The van der Waals surface area contributed by atoms with Gasteiger partial charge in [0.05, 0.1) is 0 Å². The van der Waals surface area contributed by atoms with Crippen LogP contribution in [0.1, 0.15) is 37.5 Å². The fourth-order valence-electron chi connectivity index (χ4n) is 2.54. The first-order valence-electron chi connectivity index (χ1n) is 6.40. The average molecular weight is 263 g/mol. The van der Waals surface area contributed by atoms with E-state index in [1.807, 2.05) is 23.9 Å². The Bertz CT molecular complexity index is 486. The van der Waals surface area contributed by atoms with Crippen molar-refractivity contribution in [1.82, 2.24) is 15.5 Å². The minimum atomic E-state index is 0.439. The van der Waals surface area contributed by atoms with E-state index in [0.29, 0.717) is 12.0 Å². The monoisotopic (exact) mass is 263 g/mol. The van der Waals surface area contributed by atoms with Crippen molar-refractivity contribution in [2.45, 2.75) is 37.6 Å². The lowest BCUT2D eigenvalue weighted by Crippen LogP contribution is -2.29. The molecule has 3 rings (SSSR count). The Hall–Kier alpha value is -1.20. The zero-order valence-electron chi connectivity index (χ0n) is 10.4. The zero-order chi connectivity index (χ0) is 12.4. The summed E-state index contributed by atoms with van der Waals surface area (Å²) in [5.41, 5.74) is 1.05. The van der Waals surface area contributed by atoms with Gasteiger partial charge in [-0.2, -0.15) is 16.3 Å². The third kappa shape index (κ3) is 2.33. The minimum Gasteiger partial charge on any atom is -0.339 e. The summed E-state index contributed by atoms with van der Waals surface area (Å²) in [5, 5.41) is 11.5. The molecule has 2 aromatic rings. The van der Waals surface area contributed by atoms with E-state index in [9.17, 15) is 0 Å². The quantitative estimate of drug-likeness (QED) is 0.924. The molecule has 0 spiro atoms. The van der Waals surface area contributed by atoms with Gasteiger partial charge in [0.2, 0.25) is 11.7 Å². The molecule has 2 heterocycles. The van der Waals surface area contributed by atoms with Crippen LogP contribution in [0.4, 0.5) is 0 Å². The van der Waals surface area contributed by atoms with E-state index in [2.05, 4.69) is 15.5 Å². The molecule has 5 heteroatoms. The second kappa shape index (κ2) is 5.20. The molecule has 4 nitrogen and oxygen atoms in total. The number of nitrogens with one attached hydrogen (secondary N) is 1. The van der Waals surface area contributed by atoms with E-state index in [1.54, 1.807) is 11.3 Å². The molecule has 0 atom stereocenters. The van der Waals surface area contributed by atoms with E-state index in [1.165, 1.54) is 12.8 Å². The van der Waals surface area contributed by atoms with E-state index in [0.717, 1.165) is 30.1 Å². The van der Waals surface area contributed by atoms with E-state index in [-0.39, 0.29) is 0 Å². The van der Waals surface area contributed by atoms with E-state index < -0.39 is 0 Å². The lowest BCUT2D eigenvalue weighted by molar-refractivity contribution is 0.289. The van der Waals surface area contributed by atoms with Crippen LogP contribution in [0.2, 0.25) is 0 Å². The highest BCUT2D eigenvalue weighted by Gasteiger charge is 2.25. The fourth-order valence-corrected chi connectivity index (χ4v) is 3.17. The molecule has 96 valence electrons. The molecular weight excluding hydrogens is 246 g/mol.